The van der Waals surface area contributed by atoms with Gasteiger partial charge in [-0.15, -0.1) is 10.2 Å². The van der Waals surface area contributed by atoms with Crippen LogP contribution in [0.4, 0.5) is 9.52 Å². The third kappa shape index (κ3) is 4.00. The Balaban J connectivity index is 1.05. The number of ether oxygens (including phenoxy) is 3. The highest BCUT2D eigenvalue weighted by Crippen LogP contribution is 2.42. The molecule has 32 heavy (non-hydrogen) atoms. The number of anilines is 1. The lowest BCUT2D eigenvalue weighted by molar-refractivity contribution is -0.0195. The summed E-state index contributed by atoms with van der Waals surface area (Å²) in [6.07, 6.45) is 4.08. The van der Waals surface area contributed by atoms with Gasteiger partial charge in [-0.2, -0.15) is 0 Å². The third-order valence-electron chi connectivity index (χ3n) is 7.41. The number of hydrogen-bond acceptors (Lipinski definition) is 8. The van der Waals surface area contributed by atoms with Gasteiger partial charge in [0.2, 0.25) is 5.13 Å². The van der Waals surface area contributed by atoms with Gasteiger partial charge in [-0.3, -0.25) is 4.90 Å². The van der Waals surface area contributed by atoms with E-state index in [4.69, 9.17) is 14.2 Å². The lowest BCUT2D eigenvalue weighted by Gasteiger charge is -2.47. The predicted octanol–water partition coefficient (Wildman–Crippen LogP) is 3.07. The van der Waals surface area contributed by atoms with Crippen LogP contribution >= 0.6 is 11.3 Å². The van der Waals surface area contributed by atoms with Gasteiger partial charge < -0.3 is 19.1 Å². The highest BCUT2D eigenvalue weighted by molar-refractivity contribution is 7.13. The molecule has 6 rings (SSSR count). The zero-order chi connectivity index (χ0) is 21.5. The minimum Gasteiger partial charge on any atom is -0.488 e. The van der Waals surface area contributed by atoms with Gasteiger partial charge >= 0.3 is 0 Å². The highest BCUT2D eigenvalue weighted by Gasteiger charge is 2.51. The fourth-order valence-electron chi connectivity index (χ4n) is 5.67. The van der Waals surface area contributed by atoms with E-state index in [1.165, 1.54) is 6.07 Å². The van der Waals surface area contributed by atoms with Gasteiger partial charge in [-0.05, 0) is 56.5 Å². The van der Waals surface area contributed by atoms with E-state index in [1.807, 2.05) is 0 Å². The quantitative estimate of drug-likeness (QED) is 0.680. The number of aromatic nitrogens is 2. The van der Waals surface area contributed by atoms with Crippen molar-refractivity contribution >= 4 is 16.5 Å². The molecule has 172 valence electrons. The first-order chi connectivity index (χ1) is 15.7. The fourth-order valence-corrected chi connectivity index (χ4v) is 6.23. The Kier molecular flexibility index (Phi) is 5.53. The molecule has 2 aromatic rings. The number of rotatable bonds is 5. The van der Waals surface area contributed by atoms with Crippen molar-refractivity contribution < 1.29 is 18.6 Å². The normalized spacial score (nSPS) is 28.3. The minimum atomic E-state index is -0.187. The summed E-state index contributed by atoms with van der Waals surface area (Å²) in [5.74, 6) is 0.968. The zero-order valence-electron chi connectivity index (χ0n) is 18.1. The maximum Gasteiger partial charge on any atom is 0.208 e. The number of nitrogens with zero attached hydrogens (tertiary/aromatic N) is 4. The van der Waals surface area contributed by atoms with Crippen molar-refractivity contribution in [1.82, 2.24) is 15.1 Å². The average molecular weight is 461 g/mol. The lowest BCUT2D eigenvalue weighted by atomic mass is 9.86. The molecule has 1 aromatic carbocycles. The van der Waals surface area contributed by atoms with Crippen molar-refractivity contribution in [3.05, 3.63) is 35.1 Å². The van der Waals surface area contributed by atoms with Crippen LogP contribution in [0.1, 0.15) is 37.2 Å². The molecule has 0 saturated carbocycles. The molecule has 4 aliphatic heterocycles. The molecule has 4 aliphatic rings. The molecule has 0 bridgehead atoms. The summed E-state index contributed by atoms with van der Waals surface area (Å²) in [5, 5.41) is 9.10. The molecule has 7 nitrogen and oxygen atoms in total. The molecule has 0 unspecified atom stereocenters. The summed E-state index contributed by atoms with van der Waals surface area (Å²) >= 11 is 1.58. The first-order valence-corrected chi connectivity index (χ1v) is 12.5. The van der Waals surface area contributed by atoms with Crippen LogP contribution in [0.2, 0.25) is 0 Å². The zero-order valence-corrected chi connectivity index (χ0v) is 18.9. The third-order valence-corrected chi connectivity index (χ3v) is 8.16. The van der Waals surface area contributed by atoms with Crippen LogP contribution in [0.5, 0.6) is 5.75 Å². The van der Waals surface area contributed by atoms with Gasteiger partial charge in [0.15, 0.2) is 0 Å². The second kappa shape index (κ2) is 8.52. The Morgan fingerprint density at radius 1 is 1.16 bits per heavy atom. The van der Waals surface area contributed by atoms with E-state index in [-0.39, 0.29) is 17.5 Å². The summed E-state index contributed by atoms with van der Waals surface area (Å²) in [6, 6.07) is 5.44. The van der Waals surface area contributed by atoms with E-state index < -0.39 is 0 Å². The molecule has 5 heterocycles. The topological polar surface area (TPSA) is 60.0 Å². The van der Waals surface area contributed by atoms with Crippen LogP contribution in [-0.2, 0) is 9.47 Å². The highest BCUT2D eigenvalue weighted by atomic mass is 32.1. The smallest absolute Gasteiger partial charge is 0.208 e. The van der Waals surface area contributed by atoms with Crippen LogP contribution in [0.25, 0.3) is 0 Å². The molecule has 1 spiro atoms. The molecule has 0 radical (unpaired) electrons. The van der Waals surface area contributed by atoms with Gasteiger partial charge in [0.05, 0.1) is 32.9 Å². The lowest BCUT2D eigenvalue weighted by Crippen LogP contribution is -2.62. The summed E-state index contributed by atoms with van der Waals surface area (Å²) in [7, 11) is 0. The van der Waals surface area contributed by atoms with Crippen LogP contribution in [0.15, 0.2) is 23.7 Å². The van der Waals surface area contributed by atoms with E-state index in [2.05, 4.69) is 20.0 Å². The first kappa shape index (κ1) is 20.8. The molecule has 0 N–H and O–H groups in total. The standard InChI is InChI=1S/C23H29FN4O3S/c24-17-1-2-21(31-19-5-8-29-12-19)20(9-17)16-3-6-27(7-4-16)18-10-23(30-11-18)13-28(14-23)22-26-25-15-32-22/h1-2,9,15-16,18-19H,3-8,10-14H2/t18-,19+/m0/s1. The minimum absolute atomic E-state index is 0.0277. The molecule has 2 atom stereocenters. The second-order valence-corrected chi connectivity index (χ2v) is 10.3. The van der Waals surface area contributed by atoms with Crippen LogP contribution in [-0.4, -0.2) is 78.8 Å². The number of hydrogen-bond donors (Lipinski definition) is 0. The van der Waals surface area contributed by atoms with Crippen LogP contribution < -0.4 is 9.64 Å². The fraction of sp³-hybridized carbons (Fsp3) is 0.652. The van der Waals surface area contributed by atoms with Gasteiger partial charge in [0.1, 0.15) is 28.8 Å². The van der Waals surface area contributed by atoms with Crippen LogP contribution in [0.3, 0.4) is 0 Å². The summed E-state index contributed by atoms with van der Waals surface area (Å²) in [5.41, 5.74) is 2.77. The Morgan fingerprint density at radius 2 is 2.03 bits per heavy atom. The number of halogens is 1. The molecule has 9 heteroatoms. The largest absolute Gasteiger partial charge is 0.488 e. The van der Waals surface area contributed by atoms with Gasteiger partial charge in [0, 0.05) is 18.0 Å². The number of likely N-dealkylation sites (tertiary alicyclic amines) is 1. The van der Waals surface area contributed by atoms with E-state index in [0.717, 1.165) is 81.5 Å². The Hall–Kier alpha value is -1.81. The molecule has 4 saturated heterocycles. The van der Waals surface area contributed by atoms with Crippen molar-refractivity contribution in [2.24, 2.45) is 0 Å². The molecule has 0 aliphatic carbocycles. The van der Waals surface area contributed by atoms with Crippen molar-refractivity contribution in [1.29, 1.82) is 0 Å². The van der Waals surface area contributed by atoms with Crippen molar-refractivity contribution in [2.45, 2.75) is 49.3 Å². The van der Waals surface area contributed by atoms with Crippen molar-refractivity contribution in [3.63, 3.8) is 0 Å². The SMILES string of the molecule is Fc1ccc(O[C@@H]2CCOC2)c(C2CCN([C@@H]3COC4(C3)CN(c3nncs3)C4)CC2)c1. The second-order valence-electron chi connectivity index (χ2n) is 9.53. The van der Waals surface area contributed by atoms with Crippen molar-refractivity contribution in [2.75, 3.05) is 50.9 Å². The Labute approximate surface area is 191 Å². The summed E-state index contributed by atoms with van der Waals surface area (Å²) in [6.45, 7) is 5.99. The molecular formula is C23H29FN4O3S. The van der Waals surface area contributed by atoms with Gasteiger partial charge in [-0.25, -0.2) is 4.39 Å². The summed E-state index contributed by atoms with van der Waals surface area (Å²) < 4.78 is 32.0. The molecule has 0 amide bonds. The maximum absolute atomic E-state index is 14.1. The van der Waals surface area contributed by atoms with E-state index >= 15 is 0 Å². The summed E-state index contributed by atoms with van der Waals surface area (Å²) in [4.78, 5) is 4.83. The average Bonchev–Trinajstić information content (AvgIpc) is 3.55. The molecule has 4 fully saturated rings. The van der Waals surface area contributed by atoms with Crippen molar-refractivity contribution in [3.8, 4) is 5.75 Å². The number of benzene rings is 1. The first-order valence-electron chi connectivity index (χ1n) is 11.6. The Bertz CT molecular complexity index is 925. The van der Waals surface area contributed by atoms with E-state index in [1.54, 1.807) is 29.0 Å². The number of piperidine rings is 1. The van der Waals surface area contributed by atoms with Gasteiger partial charge in [-0.1, -0.05) is 11.3 Å². The van der Waals surface area contributed by atoms with E-state index in [9.17, 15) is 4.39 Å². The predicted molar refractivity (Wildman–Crippen MR) is 119 cm³/mol. The molecule has 1 aromatic heterocycles. The Morgan fingerprint density at radius 3 is 2.78 bits per heavy atom. The van der Waals surface area contributed by atoms with E-state index in [0.29, 0.717) is 18.6 Å². The van der Waals surface area contributed by atoms with Crippen LogP contribution in [0, 0.1) is 5.82 Å². The van der Waals surface area contributed by atoms with Gasteiger partial charge in [0.25, 0.3) is 0 Å². The maximum atomic E-state index is 14.1. The molecular weight excluding hydrogens is 431 g/mol. The monoisotopic (exact) mass is 460 g/mol.